The number of benzene rings is 3. The van der Waals surface area contributed by atoms with Crippen LogP contribution in [0, 0.1) is 0 Å². The highest BCUT2D eigenvalue weighted by molar-refractivity contribution is 6.30. The zero-order valence-electron chi connectivity index (χ0n) is 16.6. The first-order valence-corrected chi connectivity index (χ1v) is 9.99. The molecular formula is C24H23ClN2O3. The lowest BCUT2D eigenvalue weighted by atomic mass is 10.1. The zero-order chi connectivity index (χ0) is 21.3. The van der Waals surface area contributed by atoms with Crippen LogP contribution in [-0.2, 0) is 17.9 Å². The van der Waals surface area contributed by atoms with E-state index in [-0.39, 0.29) is 11.8 Å². The number of rotatable bonds is 8. The van der Waals surface area contributed by atoms with E-state index in [1.54, 1.807) is 43.3 Å². The molecule has 2 amide bonds. The smallest absolute Gasteiger partial charge is 0.255 e. The molecule has 154 valence electrons. The molecular weight excluding hydrogens is 400 g/mol. The number of para-hydroxylation sites is 1. The monoisotopic (exact) mass is 422 g/mol. The van der Waals surface area contributed by atoms with E-state index < -0.39 is 6.04 Å². The molecule has 0 aliphatic carbocycles. The van der Waals surface area contributed by atoms with E-state index in [4.69, 9.17) is 16.3 Å². The van der Waals surface area contributed by atoms with E-state index >= 15 is 0 Å². The van der Waals surface area contributed by atoms with Gasteiger partial charge in [0.1, 0.15) is 18.4 Å². The molecule has 0 heterocycles. The highest BCUT2D eigenvalue weighted by Crippen LogP contribution is 2.20. The third-order valence-corrected chi connectivity index (χ3v) is 4.74. The molecule has 0 fully saturated rings. The Morgan fingerprint density at radius 1 is 0.900 bits per heavy atom. The molecule has 3 aromatic carbocycles. The second kappa shape index (κ2) is 10.5. The third kappa shape index (κ3) is 6.09. The van der Waals surface area contributed by atoms with Crippen LogP contribution in [-0.4, -0.2) is 17.9 Å². The van der Waals surface area contributed by atoms with E-state index in [1.165, 1.54) is 0 Å². The zero-order valence-corrected chi connectivity index (χ0v) is 17.4. The van der Waals surface area contributed by atoms with Crippen molar-refractivity contribution in [2.75, 3.05) is 0 Å². The molecule has 1 atom stereocenters. The first-order chi connectivity index (χ1) is 14.5. The molecule has 0 spiro atoms. The van der Waals surface area contributed by atoms with Crippen LogP contribution >= 0.6 is 11.6 Å². The average Bonchev–Trinajstić information content (AvgIpc) is 2.78. The third-order valence-electron chi connectivity index (χ3n) is 4.49. The molecule has 0 saturated heterocycles. The molecule has 0 radical (unpaired) electrons. The predicted octanol–water partition coefficient (Wildman–Crippen LogP) is 4.35. The second-order valence-corrected chi connectivity index (χ2v) is 7.25. The lowest BCUT2D eigenvalue weighted by Gasteiger charge is -2.16. The van der Waals surface area contributed by atoms with Crippen molar-refractivity contribution in [1.29, 1.82) is 0 Å². The number of carbonyl (C=O) groups is 2. The molecule has 0 bridgehead atoms. The fourth-order valence-corrected chi connectivity index (χ4v) is 2.93. The Bertz CT molecular complexity index is 991. The molecule has 1 unspecified atom stereocenters. The summed E-state index contributed by atoms with van der Waals surface area (Å²) in [6, 6.07) is 23.2. The summed E-state index contributed by atoms with van der Waals surface area (Å²) < 4.78 is 5.83. The van der Waals surface area contributed by atoms with Gasteiger partial charge in [0.25, 0.3) is 5.91 Å². The van der Waals surface area contributed by atoms with Crippen LogP contribution in [0.25, 0.3) is 0 Å². The molecule has 2 N–H and O–H groups in total. The number of amides is 2. The number of carbonyl (C=O) groups excluding carboxylic acids is 2. The summed E-state index contributed by atoms with van der Waals surface area (Å²) in [5.41, 5.74) is 2.29. The van der Waals surface area contributed by atoms with Crippen molar-refractivity contribution in [3.63, 3.8) is 0 Å². The summed E-state index contributed by atoms with van der Waals surface area (Å²) in [6.45, 7) is 2.35. The topological polar surface area (TPSA) is 67.4 Å². The maximum absolute atomic E-state index is 12.7. The second-order valence-electron chi connectivity index (χ2n) is 6.81. The standard InChI is InChI=1S/C24H23ClN2O3/c1-17(23(28)26-15-18-7-3-2-4-8-18)27-24(29)21-9-5-6-10-22(21)30-16-19-11-13-20(25)14-12-19/h2-14,17H,15-16H2,1H3,(H,26,28)(H,27,29). The van der Waals surface area contributed by atoms with Gasteiger partial charge >= 0.3 is 0 Å². The summed E-state index contributed by atoms with van der Waals surface area (Å²) in [5.74, 6) is -0.183. The van der Waals surface area contributed by atoms with Crippen LogP contribution in [0.3, 0.4) is 0 Å². The number of nitrogens with one attached hydrogen (secondary N) is 2. The SMILES string of the molecule is CC(NC(=O)c1ccccc1OCc1ccc(Cl)cc1)C(=O)NCc1ccccc1. The first-order valence-electron chi connectivity index (χ1n) is 9.61. The van der Waals surface area contributed by atoms with Gasteiger partial charge in [-0.15, -0.1) is 0 Å². The van der Waals surface area contributed by atoms with Gasteiger partial charge in [-0.25, -0.2) is 0 Å². The van der Waals surface area contributed by atoms with Gasteiger partial charge in [0.2, 0.25) is 5.91 Å². The van der Waals surface area contributed by atoms with Crippen LogP contribution < -0.4 is 15.4 Å². The van der Waals surface area contributed by atoms with Crippen LogP contribution in [0.15, 0.2) is 78.9 Å². The van der Waals surface area contributed by atoms with E-state index in [2.05, 4.69) is 10.6 Å². The van der Waals surface area contributed by atoms with Gasteiger partial charge in [-0.1, -0.05) is 66.2 Å². The van der Waals surface area contributed by atoms with Gasteiger partial charge in [-0.3, -0.25) is 9.59 Å². The maximum atomic E-state index is 12.7. The number of hydrogen-bond acceptors (Lipinski definition) is 3. The normalized spacial score (nSPS) is 11.4. The highest BCUT2D eigenvalue weighted by atomic mass is 35.5. The highest BCUT2D eigenvalue weighted by Gasteiger charge is 2.19. The van der Waals surface area contributed by atoms with Crippen molar-refractivity contribution < 1.29 is 14.3 Å². The molecule has 0 aromatic heterocycles. The molecule has 3 aromatic rings. The van der Waals surface area contributed by atoms with Crippen molar-refractivity contribution in [3.05, 3.63) is 101 Å². The van der Waals surface area contributed by atoms with Crippen LogP contribution in [0.1, 0.15) is 28.4 Å². The van der Waals surface area contributed by atoms with Gasteiger partial charge in [0, 0.05) is 11.6 Å². The Kier molecular flexibility index (Phi) is 7.46. The number of ether oxygens (including phenoxy) is 1. The molecule has 6 heteroatoms. The van der Waals surface area contributed by atoms with Gasteiger partial charge < -0.3 is 15.4 Å². The summed E-state index contributed by atoms with van der Waals surface area (Å²) in [7, 11) is 0. The van der Waals surface area contributed by atoms with Gasteiger partial charge in [-0.05, 0) is 42.3 Å². The van der Waals surface area contributed by atoms with Crippen LogP contribution in [0.2, 0.25) is 5.02 Å². The summed E-state index contributed by atoms with van der Waals surface area (Å²) in [6.07, 6.45) is 0. The van der Waals surface area contributed by atoms with E-state index in [0.717, 1.165) is 11.1 Å². The Balaban J connectivity index is 1.57. The minimum Gasteiger partial charge on any atom is -0.488 e. The Morgan fingerprint density at radius 3 is 2.30 bits per heavy atom. The van der Waals surface area contributed by atoms with Gasteiger partial charge in [0.15, 0.2) is 0 Å². The van der Waals surface area contributed by atoms with E-state index in [9.17, 15) is 9.59 Å². The minimum atomic E-state index is -0.689. The fourth-order valence-electron chi connectivity index (χ4n) is 2.80. The first kappa shape index (κ1) is 21.4. The maximum Gasteiger partial charge on any atom is 0.255 e. The van der Waals surface area contributed by atoms with Crippen molar-refractivity contribution in [2.24, 2.45) is 0 Å². The largest absolute Gasteiger partial charge is 0.488 e. The van der Waals surface area contributed by atoms with Crippen molar-refractivity contribution in [1.82, 2.24) is 10.6 Å². The van der Waals surface area contributed by atoms with E-state index in [0.29, 0.717) is 29.5 Å². The summed E-state index contributed by atoms with van der Waals surface area (Å²) >= 11 is 5.90. The lowest BCUT2D eigenvalue weighted by molar-refractivity contribution is -0.122. The van der Waals surface area contributed by atoms with Crippen LogP contribution in [0.5, 0.6) is 5.75 Å². The average molecular weight is 423 g/mol. The molecule has 0 aliphatic heterocycles. The van der Waals surface area contributed by atoms with Gasteiger partial charge in [0.05, 0.1) is 5.56 Å². The van der Waals surface area contributed by atoms with Gasteiger partial charge in [-0.2, -0.15) is 0 Å². The molecule has 3 rings (SSSR count). The predicted molar refractivity (Wildman–Crippen MR) is 117 cm³/mol. The van der Waals surface area contributed by atoms with Crippen molar-refractivity contribution >= 4 is 23.4 Å². The van der Waals surface area contributed by atoms with Crippen molar-refractivity contribution in [2.45, 2.75) is 26.1 Å². The fraction of sp³-hybridized carbons (Fsp3) is 0.167. The summed E-state index contributed by atoms with van der Waals surface area (Å²) in [4.78, 5) is 25.1. The summed E-state index contributed by atoms with van der Waals surface area (Å²) in [5, 5.41) is 6.21. The lowest BCUT2D eigenvalue weighted by Crippen LogP contribution is -2.44. The Morgan fingerprint density at radius 2 is 1.57 bits per heavy atom. The Hall–Kier alpha value is -3.31. The minimum absolute atomic E-state index is 0.258. The molecule has 5 nitrogen and oxygen atoms in total. The van der Waals surface area contributed by atoms with E-state index in [1.807, 2.05) is 42.5 Å². The molecule has 0 aliphatic rings. The van der Waals surface area contributed by atoms with Crippen LogP contribution in [0.4, 0.5) is 0 Å². The Labute approximate surface area is 181 Å². The molecule has 30 heavy (non-hydrogen) atoms. The quantitative estimate of drug-likeness (QED) is 0.567. The number of hydrogen-bond donors (Lipinski definition) is 2. The number of halogens is 1. The molecule has 0 saturated carbocycles. The van der Waals surface area contributed by atoms with Crippen molar-refractivity contribution in [3.8, 4) is 5.75 Å².